The molecule has 0 atom stereocenters. The molecule has 2 aliphatic carbocycles. The number of hydrogen-bond donors (Lipinski definition) is 1. The van der Waals surface area contributed by atoms with Crippen molar-refractivity contribution in [3.63, 3.8) is 0 Å². The summed E-state index contributed by atoms with van der Waals surface area (Å²) in [6.07, 6.45) is 5.32. The molecule has 0 heterocycles. The van der Waals surface area contributed by atoms with E-state index >= 15 is 0 Å². The molecule has 3 nitrogen and oxygen atoms in total. The monoisotopic (exact) mass is 237 g/mol. The third kappa shape index (κ3) is 2.23. The Hall–Kier alpha value is 0.200. The Kier molecular flexibility index (Phi) is 3.05. The van der Waals surface area contributed by atoms with Crippen molar-refractivity contribution in [1.29, 1.82) is 0 Å². The highest BCUT2D eigenvalue weighted by Gasteiger charge is 2.35. The van der Waals surface area contributed by atoms with Crippen LogP contribution in [0.2, 0.25) is 0 Å². The summed E-state index contributed by atoms with van der Waals surface area (Å²) < 4.78 is 26.3. The summed E-state index contributed by atoms with van der Waals surface area (Å²) in [5.41, 5.74) is 0. The van der Waals surface area contributed by atoms with Crippen LogP contribution in [0.5, 0.6) is 0 Å². The average molecular weight is 238 g/mol. The van der Waals surface area contributed by atoms with Crippen molar-refractivity contribution in [1.82, 2.24) is 4.72 Å². The Balaban J connectivity index is 1.89. The summed E-state index contributed by atoms with van der Waals surface area (Å²) >= 11 is 5.80. The molecule has 0 radical (unpaired) electrons. The van der Waals surface area contributed by atoms with E-state index in [-0.39, 0.29) is 16.7 Å². The van der Waals surface area contributed by atoms with E-state index in [9.17, 15) is 8.42 Å². The van der Waals surface area contributed by atoms with Gasteiger partial charge >= 0.3 is 0 Å². The first-order valence-corrected chi connectivity index (χ1v) is 7.21. The van der Waals surface area contributed by atoms with Crippen LogP contribution >= 0.6 is 11.6 Å². The van der Waals surface area contributed by atoms with Crippen LogP contribution in [0, 0.1) is 0 Å². The van der Waals surface area contributed by atoms with E-state index in [1.54, 1.807) is 0 Å². The number of rotatable bonds is 3. The van der Waals surface area contributed by atoms with E-state index in [2.05, 4.69) is 4.72 Å². The maximum atomic E-state index is 11.8. The minimum absolute atomic E-state index is 0.100. The lowest BCUT2D eigenvalue weighted by molar-refractivity contribution is 0.389. The Morgan fingerprint density at radius 2 is 1.71 bits per heavy atom. The van der Waals surface area contributed by atoms with Crippen molar-refractivity contribution in [2.75, 3.05) is 0 Å². The summed E-state index contributed by atoms with van der Waals surface area (Å²) in [4.78, 5) is 0. The zero-order chi connectivity index (χ0) is 10.2. The number of sulfonamides is 1. The van der Waals surface area contributed by atoms with Gasteiger partial charge in [0, 0.05) is 11.4 Å². The van der Waals surface area contributed by atoms with Crippen molar-refractivity contribution in [2.24, 2.45) is 0 Å². The minimum atomic E-state index is -3.05. The van der Waals surface area contributed by atoms with Crippen molar-refractivity contribution >= 4 is 21.6 Å². The summed E-state index contributed by atoms with van der Waals surface area (Å²) in [5.74, 6) is 0. The molecule has 0 aromatic carbocycles. The van der Waals surface area contributed by atoms with Crippen molar-refractivity contribution < 1.29 is 8.42 Å². The molecule has 82 valence electrons. The van der Waals surface area contributed by atoms with Crippen LogP contribution in [0.25, 0.3) is 0 Å². The van der Waals surface area contributed by atoms with Gasteiger partial charge in [-0.15, -0.1) is 11.6 Å². The second-order valence-electron chi connectivity index (χ2n) is 4.33. The van der Waals surface area contributed by atoms with Crippen LogP contribution in [0.15, 0.2) is 0 Å². The minimum Gasteiger partial charge on any atom is -0.212 e. The molecular formula is C9H16ClNO2S. The zero-order valence-electron chi connectivity index (χ0n) is 8.08. The Morgan fingerprint density at radius 3 is 2.21 bits per heavy atom. The molecule has 2 aliphatic rings. The van der Waals surface area contributed by atoms with Gasteiger partial charge in [0.25, 0.3) is 0 Å². The molecule has 5 heteroatoms. The third-order valence-electron chi connectivity index (χ3n) is 3.15. The van der Waals surface area contributed by atoms with Crippen molar-refractivity contribution in [3.05, 3.63) is 0 Å². The Morgan fingerprint density at radius 1 is 1.14 bits per heavy atom. The maximum absolute atomic E-state index is 11.8. The standard InChI is InChI=1S/C9H16ClNO2S/c10-7-5-8(6-7)11-14(12,13)9-3-1-2-4-9/h7-9,11H,1-6H2. The molecule has 0 aromatic heterocycles. The first-order valence-electron chi connectivity index (χ1n) is 5.23. The van der Waals surface area contributed by atoms with Gasteiger partial charge in [0.2, 0.25) is 10.0 Å². The SMILES string of the molecule is O=S(=O)(NC1CC(Cl)C1)C1CCCC1. The van der Waals surface area contributed by atoms with Crippen molar-refractivity contribution in [2.45, 2.75) is 55.2 Å². The van der Waals surface area contributed by atoms with Gasteiger partial charge in [-0.1, -0.05) is 12.8 Å². The van der Waals surface area contributed by atoms with Gasteiger partial charge in [-0.25, -0.2) is 13.1 Å². The average Bonchev–Trinajstić information content (AvgIpc) is 2.52. The molecule has 0 bridgehead atoms. The van der Waals surface area contributed by atoms with Crippen LogP contribution in [-0.4, -0.2) is 25.1 Å². The molecule has 2 saturated carbocycles. The van der Waals surface area contributed by atoms with E-state index in [0.717, 1.165) is 38.5 Å². The quantitative estimate of drug-likeness (QED) is 0.759. The van der Waals surface area contributed by atoms with Gasteiger partial charge in [0.1, 0.15) is 0 Å². The van der Waals surface area contributed by atoms with Crippen LogP contribution in [0.4, 0.5) is 0 Å². The van der Waals surface area contributed by atoms with Crippen LogP contribution in [-0.2, 0) is 10.0 Å². The highest BCUT2D eigenvalue weighted by Crippen LogP contribution is 2.29. The molecule has 0 saturated heterocycles. The van der Waals surface area contributed by atoms with Gasteiger partial charge in [-0.3, -0.25) is 0 Å². The van der Waals surface area contributed by atoms with Crippen LogP contribution in [0.3, 0.4) is 0 Å². The molecule has 2 fully saturated rings. The fourth-order valence-electron chi connectivity index (χ4n) is 2.17. The molecular weight excluding hydrogens is 222 g/mol. The molecule has 1 N–H and O–H groups in total. The van der Waals surface area contributed by atoms with Crippen LogP contribution < -0.4 is 4.72 Å². The van der Waals surface area contributed by atoms with E-state index in [1.807, 2.05) is 0 Å². The highest BCUT2D eigenvalue weighted by molar-refractivity contribution is 7.90. The lowest BCUT2D eigenvalue weighted by atomic mass is 9.94. The maximum Gasteiger partial charge on any atom is 0.214 e. The Labute approximate surface area is 90.3 Å². The van der Waals surface area contributed by atoms with Gasteiger partial charge in [0.15, 0.2) is 0 Å². The molecule has 0 aromatic rings. The van der Waals surface area contributed by atoms with E-state index in [1.165, 1.54) is 0 Å². The molecule has 0 unspecified atom stereocenters. The number of hydrogen-bond acceptors (Lipinski definition) is 2. The lowest BCUT2D eigenvalue weighted by Gasteiger charge is -2.32. The molecule has 0 amide bonds. The smallest absolute Gasteiger partial charge is 0.212 e. The zero-order valence-corrected chi connectivity index (χ0v) is 9.65. The normalized spacial score (nSPS) is 34.4. The van der Waals surface area contributed by atoms with Gasteiger partial charge < -0.3 is 0 Å². The highest BCUT2D eigenvalue weighted by atomic mass is 35.5. The lowest BCUT2D eigenvalue weighted by Crippen LogP contribution is -2.47. The topological polar surface area (TPSA) is 46.2 Å². The summed E-state index contributed by atoms with van der Waals surface area (Å²) in [6, 6.07) is 0.100. The summed E-state index contributed by atoms with van der Waals surface area (Å²) in [5, 5.41) is 0.0307. The fraction of sp³-hybridized carbons (Fsp3) is 1.00. The van der Waals surface area contributed by atoms with Gasteiger partial charge in [-0.05, 0) is 25.7 Å². The molecule has 0 spiro atoms. The Bertz CT molecular complexity index is 292. The molecule has 2 rings (SSSR count). The molecule has 0 aliphatic heterocycles. The summed E-state index contributed by atoms with van der Waals surface area (Å²) in [6.45, 7) is 0. The van der Waals surface area contributed by atoms with E-state index < -0.39 is 10.0 Å². The number of nitrogens with one attached hydrogen (secondary N) is 1. The predicted molar refractivity (Wildman–Crippen MR) is 57.0 cm³/mol. The van der Waals surface area contributed by atoms with Crippen LogP contribution in [0.1, 0.15) is 38.5 Å². The fourth-order valence-corrected chi connectivity index (χ4v) is 4.41. The van der Waals surface area contributed by atoms with E-state index in [4.69, 9.17) is 11.6 Å². The second-order valence-corrected chi connectivity index (χ2v) is 6.94. The largest absolute Gasteiger partial charge is 0.214 e. The molecule has 14 heavy (non-hydrogen) atoms. The second kappa shape index (κ2) is 3.99. The first-order chi connectivity index (χ1) is 6.58. The van der Waals surface area contributed by atoms with Gasteiger partial charge in [0.05, 0.1) is 5.25 Å². The summed E-state index contributed by atoms with van der Waals surface area (Å²) in [7, 11) is -3.05. The predicted octanol–water partition coefficient (Wildman–Crippen LogP) is 1.62. The van der Waals surface area contributed by atoms with Crippen molar-refractivity contribution in [3.8, 4) is 0 Å². The van der Waals surface area contributed by atoms with E-state index in [0.29, 0.717) is 0 Å². The first kappa shape index (κ1) is 10.7. The number of halogens is 1. The number of alkyl halides is 1. The van der Waals surface area contributed by atoms with Gasteiger partial charge in [-0.2, -0.15) is 0 Å². The third-order valence-corrected chi connectivity index (χ3v) is 5.52.